The van der Waals surface area contributed by atoms with Crippen molar-refractivity contribution in [2.75, 3.05) is 70.5 Å². The highest BCUT2D eigenvalue weighted by molar-refractivity contribution is 7.86. The van der Waals surface area contributed by atoms with Gasteiger partial charge in [-0.1, -0.05) is 0 Å². The molecule has 1 amide bonds. The number of hydrogen-bond donors (Lipinski definition) is 0. The summed E-state index contributed by atoms with van der Waals surface area (Å²) in [7, 11) is -3.50. The zero-order valence-electron chi connectivity index (χ0n) is 20.8. The van der Waals surface area contributed by atoms with Gasteiger partial charge in [-0.15, -0.1) is 0 Å². The Morgan fingerprint density at radius 1 is 0.919 bits per heavy atom. The molecular weight excluding hydrogens is 501 g/mol. The molecule has 1 aromatic heterocycles. The lowest BCUT2D eigenvalue weighted by molar-refractivity contribution is -0.169. The summed E-state index contributed by atoms with van der Waals surface area (Å²) in [5.74, 6) is -1.19. The van der Waals surface area contributed by atoms with Crippen LogP contribution in [0, 0.1) is 5.82 Å². The number of carbonyl (C=O) groups excluding carboxylic acids is 1. The Labute approximate surface area is 216 Å². The van der Waals surface area contributed by atoms with E-state index in [2.05, 4.69) is 9.88 Å². The number of pyridine rings is 1. The SMILES string of the molecule is O=C(c1cnc2ccc(F)cc2c1N1CCC2(CC1)OCCO2)N1CCN(S(=O)(=O)N2CCCC2)CC1. The molecule has 0 radical (unpaired) electrons. The van der Waals surface area contributed by atoms with E-state index in [1.165, 1.54) is 20.7 Å². The Morgan fingerprint density at radius 3 is 2.24 bits per heavy atom. The molecule has 1 aromatic carbocycles. The Balaban J connectivity index is 1.25. The molecule has 2 aromatic rings. The third kappa shape index (κ3) is 4.59. The van der Waals surface area contributed by atoms with Gasteiger partial charge < -0.3 is 19.3 Å². The fourth-order valence-corrected chi connectivity index (χ4v) is 7.55. The number of hydrogen-bond acceptors (Lipinski definition) is 7. The average molecular weight is 534 g/mol. The first-order chi connectivity index (χ1) is 17.9. The minimum absolute atomic E-state index is 0.222. The predicted octanol–water partition coefficient (Wildman–Crippen LogP) is 1.82. The van der Waals surface area contributed by atoms with Gasteiger partial charge in [-0.3, -0.25) is 9.78 Å². The zero-order chi connectivity index (χ0) is 25.6. The average Bonchev–Trinajstić information content (AvgIpc) is 3.62. The maximum atomic E-state index is 14.3. The normalized spacial score (nSPS) is 23.4. The molecule has 4 aliphatic rings. The van der Waals surface area contributed by atoms with Gasteiger partial charge in [-0.25, -0.2) is 4.39 Å². The van der Waals surface area contributed by atoms with Crippen molar-refractivity contribution in [3.8, 4) is 0 Å². The highest BCUT2D eigenvalue weighted by Crippen LogP contribution is 2.38. The predicted molar refractivity (Wildman–Crippen MR) is 135 cm³/mol. The molecule has 5 heterocycles. The Hall–Kier alpha value is -2.38. The molecule has 0 saturated carbocycles. The summed E-state index contributed by atoms with van der Waals surface area (Å²) >= 11 is 0. The van der Waals surface area contributed by atoms with Crippen LogP contribution in [0.5, 0.6) is 0 Å². The first-order valence-electron chi connectivity index (χ1n) is 13.0. The number of piperidine rings is 1. The number of aromatic nitrogens is 1. The van der Waals surface area contributed by atoms with E-state index in [1.54, 1.807) is 17.2 Å². The standard InChI is InChI=1S/C25H32FN5O5S/c26-19-3-4-22-20(17-19)23(28-9-5-25(6-10-28)35-15-16-36-25)21(18-27-22)24(32)29-11-13-31(14-12-29)37(33,34)30-7-1-2-8-30/h3-4,17-18H,1-2,5-16H2. The van der Waals surface area contributed by atoms with E-state index in [0.717, 1.165) is 12.8 Å². The van der Waals surface area contributed by atoms with E-state index in [4.69, 9.17) is 9.47 Å². The van der Waals surface area contributed by atoms with E-state index in [1.807, 2.05) is 0 Å². The molecule has 4 aliphatic heterocycles. The molecule has 12 heteroatoms. The lowest BCUT2D eigenvalue weighted by Gasteiger charge is -2.40. The quantitative estimate of drug-likeness (QED) is 0.592. The Bertz CT molecular complexity index is 1280. The van der Waals surface area contributed by atoms with E-state index in [0.29, 0.717) is 74.4 Å². The summed E-state index contributed by atoms with van der Waals surface area (Å²) in [4.78, 5) is 22.0. The van der Waals surface area contributed by atoms with Crippen molar-refractivity contribution < 1.29 is 27.1 Å². The van der Waals surface area contributed by atoms with Crippen molar-refractivity contribution in [3.05, 3.63) is 35.8 Å². The summed E-state index contributed by atoms with van der Waals surface area (Å²) in [6.07, 6.45) is 4.62. The van der Waals surface area contributed by atoms with Crippen LogP contribution in [0.4, 0.5) is 10.1 Å². The van der Waals surface area contributed by atoms with Crippen LogP contribution in [0.3, 0.4) is 0 Å². The topological polar surface area (TPSA) is 95.5 Å². The molecule has 0 aliphatic carbocycles. The van der Waals surface area contributed by atoms with Crippen LogP contribution in [0.15, 0.2) is 24.4 Å². The lowest BCUT2D eigenvalue weighted by atomic mass is 10.00. The number of piperazine rings is 1. The number of ether oxygens (including phenoxy) is 2. The number of anilines is 1. The van der Waals surface area contributed by atoms with Crippen molar-refractivity contribution in [2.24, 2.45) is 0 Å². The smallest absolute Gasteiger partial charge is 0.282 e. The number of benzene rings is 1. The van der Waals surface area contributed by atoms with Crippen molar-refractivity contribution in [2.45, 2.75) is 31.5 Å². The number of carbonyl (C=O) groups is 1. The molecule has 0 N–H and O–H groups in total. The molecule has 0 bridgehead atoms. The summed E-state index contributed by atoms with van der Waals surface area (Å²) in [6, 6.07) is 4.42. The van der Waals surface area contributed by atoms with Gasteiger partial charge >= 0.3 is 0 Å². The molecule has 1 spiro atoms. The minimum Gasteiger partial charge on any atom is -0.370 e. The fourth-order valence-electron chi connectivity index (χ4n) is 5.88. The molecule has 37 heavy (non-hydrogen) atoms. The monoisotopic (exact) mass is 533 g/mol. The van der Waals surface area contributed by atoms with Gasteiger partial charge in [0.1, 0.15) is 5.82 Å². The van der Waals surface area contributed by atoms with Gasteiger partial charge in [0.25, 0.3) is 16.1 Å². The minimum atomic E-state index is -3.50. The molecule has 4 saturated heterocycles. The van der Waals surface area contributed by atoms with Crippen molar-refractivity contribution in [1.82, 2.24) is 18.5 Å². The summed E-state index contributed by atoms with van der Waals surface area (Å²) < 4.78 is 55.0. The van der Waals surface area contributed by atoms with Crippen LogP contribution in [0.25, 0.3) is 10.9 Å². The highest BCUT2D eigenvalue weighted by Gasteiger charge is 2.41. The van der Waals surface area contributed by atoms with Crippen molar-refractivity contribution in [3.63, 3.8) is 0 Å². The fraction of sp³-hybridized carbons (Fsp3) is 0.600. The van der Waals surface area contributed by atoms with Gasteiger partial charge in [-0.05, 0) is 31.0 Å². The van der Waals surface area contributed by atoms with Gasteiger partial charge in [-0.2, -0.15) is 17.0 Å². The lowest BCUT2D eigenvalue weighted by Crippen LogP contribution is -2.54. The number of amides is 1. The van der Waals surface area contributed by atoms with Crippen LogP contribution in [0.2, 0.25) is 0 Å². The molecule has 10 nitrogen and oxygen atoms in total. The third-order valence-electron chi connectivity index (χ3n) is 7.93. The summed E-state index contributed by atoms with van der Waals surface area (Å²) in [5.41, 5.74) is 1.68. The first-order valence-corrected chi connectivity index (χ1v) is 14.4. The largest absolute Gasteiger partial charge is 0.370 e. The van der Waals surface area contributed by atoms with Crippen LogP contribution in [0.1, 0.15) is 36.0 Å². The molecular formula is C25H32FN5O5S. The number of fused-ring (bicyclic) bond motifs is 1. The summed E-state index contributed by atoms with van der Waals surface area (Å²) in [6.45, 7) is 4.52. The third-order valence-corrected chi connectivity index (χ3v) is 9.97. The maximum Gasteiger partial charge on any atom is 0.282 e. The number of rotatable bonds is 4. The van der Waals surface area contributed by atoms with Gasteiger partial charge in [0.05, 0.1) is 30.0 Å². The van der Waals surface area contributed by atoms with Crippen LogP contribution in [-0.4, -0.2) is 104 Å². The second kappa shape index (κ2) is 9.73. The van der Waals surface area contributed by atoms with Gasteiger partial charge in [0.15, 0.2) is 5.79 Å². The van der Waals surface area contributed by atoms with Crippen LogP contribution in [-0.2, 0) is 19.7 Å². The van der Waals surface area contributed by atoms with Crippen molar-refractivity contribution in [1.29, 1.82) is 0 Å². The van der Waals surface area contributed by atoms with Crippen molar-refractivity contribution >= 4 is 32.7 Å². The zero-order valence-corrected chi connectivity index (χ0v) is 21.6. The maximum absolute atomic E-state index is 14.3. The molecule has 0 unspecified atom stereocenters. The number of nitrogens with zero attached hydrogens (tertiary/aromatic N) is 5. The Kier molecular flexibility index (Phi) is 6.56. The molecule has 200 valence electrons. The molecule has 6 rings (SSSR count). The van der Waals surface area contributed by atoms with E-state index >= 15 is 0 Å². The van der Waals surface area contributed by atoms with E-state index in [9.17, 15) is 17.6 Å². The highest BCUT2D eigenvalue weighted by atomic mass is 32.2. The molecule has 0 atom stereocenters. The second-order valence-corrected chi connectivity index (χ2v) is 12.0. The van der Waals surface area contributed by atoms with E-state index < -0.39 is 21.8 Å². The van der Waals surface area contributed by atoms with Crippen LogP contribution >= 0.6 is 0 Å². The first kappa shape index (κ1) is 24.9. The second-order valence-electron chi connectivity index (χ2n) is 10.1. The number of halogens is 1. The van der Waals surface area contributed by atoms with Gasteiger partial charge in [0.2, 0.25) is 0 Å². The van der Waals surface area contributed by atoms with Gasteiger partial charge in [0, 0.05) is 76.8 Å². The molecule has 4 fully saturated rings. The van der Waals surface area contributed by atoms with Crippen LogP contribution < -0.4 is 4.90 Å². The summed E-state index contributed by atoms with van der Waals surface area (Å²) in [5, 5.41) is 0.588. The van der Waals surface area contributed by atoms with E-state index in [-0.39, 0.29) is 32.1 Å². The Morgan fingerprint density at radius 2 is 1.57 bits per heavy atom.